The van der Waals surface area contributed by atoms with Gasteiger partial charge in [0, 0.05) is 5.69 Å². The summed E-state index contributed by atoms with van der Waals surface area (Å²) in [6.07, 6.45) is 5.72. The minimum absolute atomic E-state index is 0.000816. The van der Waals surface area contributed by atoms with Crippen LogP contribution in [0.2, 0.25) is 0 Å². The third kappa shape index (κ3) is 6.25. The molecule has 0 fully saturated rings. The van der Waals surface area contributed by atoms with Crippen LogP contribution < -0.4 is 16.2 Å². The van der Waals surface area contributed by atoms with Crippen molar-refractivity contribution in [2.45, 2.75) is 78.7 Å². The van der Waals surface area contributed by atoms with E-state index in [9.17, 15) is 4.79 Å². The molecular formula is C25H37N3O. The highest BCUT2D eigenvalue weighted by Gasteiger charge is 2.37. The van der Waals surface area contributed by atoms with Crippen molar-refractivity contribution in [2.75, 3.05) is 10.7 Å². The fourth-order valence-corrected chi connectivity index (χ4v) is 3.52. The molecule has 4 nitrogen and oxygen atoms in total. The predicted octanol–water partition coefficient (Wildman–Crippen LogP) is 6.29. The number of hydrogen-bond donors (Lipinski definition) is 3. The van der Waals surface area contributed by atoms with Crippen LogP contribution in [-0.4, -0.2) is 11.4 Å². The van der Waals surface area contributed by atoms with Gasteiger partial charge in [-0.25, -0.2) is 0 Å². The van der Waals surface area contributed by atoms with Crippen molar-refractivity contribution in [1.82, 2.24) is 5.43 Å². The molecule has 0 saturated carbocycles. The third-order valence-electron chi connectivity index (χ3n) is 5.70. The molecule has 0 unspecified atom stereocenters. The topological polar surface area (TPSA) is 53.2 Å². The van der Waals surface area contributed by atoms with Crippen molar-refractivity contribution in [3.63, 3.8) is 0 Å². The van der Waals surface area contributed by atoms with E-state index in [0.717, 1.165) is 49.9 Å². The van der Waals surface area contributed by atoms with E-state index >= 15 is 0 Å². The summed E-state index contributed by atoms with van der Waals surface area (Å²) in [6.45, 7) is 10.6. The lowest BCUT2D eigenvalue weighted by Crippen LogP contribution is -2.54. The number of unbranched alkanes of at least 4 members (excludes halogenated alkanes) is 2. The van der Waals surface area contributed by atoms with Gasteiger partial charge in [-0.2, -0.15) is 0 Å². The van der Waals surface area contributed by atoms with Crippen LogP contribution in [0.1, 0.15) is 69.1 Å². The van der Waals surface area contributed by atoms with Crippen LogP contribution in [0.4, 0.5) is 11.4 Å². The van der Waals surface area contributed by atoms with Crippen molar-refractivity contribution < 1.29 is 4.79 Å². The molecule has 0 radical (unpaired) electrons. The van der Waals surface area contributed by atoms with Crippen LogP contribution in [0.15, 0.2) is 42.5 Å². The Balaban J connectivity index is 2.28. The van der Waals surface area contributed by atoms with Crippen molar-refractivity contribution in [3.05, 3.63) is 59.2 Å². The first-order valence-corrected chi connectivity index (χ1v) is 10.9. The number of rotatable bonds is 11. The molecule has 0 atom stereocenters. The minimum Gasteiger partial charge on any atom is -0.371 e. The van der Waals surface area contributed by atoms with Gasteiger partial charge < -0.3 is 5.32 Å². The molecule has 0 spiro atoms. The summed E-state index contributed by atoms with van der Waals surface area (Å²) in [5, 5.41) is 3.66. The van der Waals surface area contributed by atoms with Crippen LogP contribution >= 0.6 is 0 Å². The molecular weight excluding hydrogens is 358 g/mol. The largest absolute Gasteiger partial charge is 0.371 e. The summed E-state index contributed by atoms with van der Waals surface area (Å²) in [5.74, 6) is 0.000816. The second-order valence-corrected chi connectivity index (χ2v) is 8.11. The molecule has 2 aromatic rings. The molecule has 3 N–H and O–H groups in total. The van der Waals surface area contributed by atoms with Crippen molar-refractivity contribution in [1.29, 1.82) is 0 Å². The van der Waals surface area contributed by atoms with E-state index in [1.54, 1.807) is 0 Å². The number of anilines is 2. The fourth-order valence-electron chi connectivity index (χ4n) is 3.52. The van der Waals surface area contributed by atoms with Crippen LogP contribution in [-0.2, 0) is 4.79 Å². The molecule has 0 saturated heterocycles. The molecule has 2 rings (SSSR count). The van der Waals surface area contributed by atoms with Crippen LogP contribution in [0.3, 0.4) is 0 Å². The number of aryl methyl sites for hydroxylation is 2. The Labute approximate surface area is 176 Å². The Bertz CT molecular complexity index is 775. The van der Waals surface area contributed by atoms with Gasteiger partial charge in [-0.1, -0.05) is 69.4 Å². The SMILES string of the molecule is CCCCC(CCCC)(Nc1cccc(C)c1C)C(=O)NNc1ccc(C)cc1. The molecule has 2 aromatic carbocycles. The van der Waals surface area contributed by atoms with Gasteiger partial charge in [0.2, 0.25) is 0 Å². The van der Waals surface area contributed by atoms with Crippen LogP contribution in [0.5, 0.6) is 0 Å². The summed E-state index contributed by atoms with van der Waals surface area (Å²) in [4.78, 5) is 13.5. The first-order valence-electron chi connectivity index (χ1n) is 10.9. The van der Waals surface area contributed by atoms with Crippen molar-refractivity contribution in [3.8, 4) is 0 Å². The summed E-state index contributed by atoms with van der Waals surface area (Å²) in [7, 11) is 0. The normalized spacial score (nSPS) is 11.2. The lowest BCUT2D eigenvalue weighted by molar-refractivity contribution is -0.125. The molecule has 0 aliphatic rings. The minimum atomic E-state index is -0.637. The number of nitrogens with one attached hydrogen (secondary N) is 3. The van der Waals surface area contributed by atoms with Gasteiger partial charge in [-0.15, -0.1) is 0 Å². The molecule has 0 aliphatic carbocycles. The average Bonchev–Trinajstić information content (AvgIpc) is 2.72. The number of carbonyl (C=O) groups is 1. The zero-order valence-electron chi connectivity index (χ0n) is 18.7. The highest BCUT2D eigenvalue weighted by molar-refractivity contribution is 5.90. The smallest absolute Gasteiger partial charge is 0.263 e. The molecule has 0 bridgehead atoms. The molecule has 4 heteroatoms. The maximum absolute atomic E-state index is 13.5. The van der Waals surface area contributed by atoms with Gasteiger partial charge in [0.15, 0.2) is 0 Å². The Kier molecular flexibility index (Phi) is 8.56. The first kappa shape index (κ1) is 22.8. The third-order valence-corrected chi connectivity index (χ3v) is 5.70. The summed E-state index contributed by atoms with van der Waals surface area (Å²) < 4.78 is 0. The lowest BCUT2D eigenvalue weighted by Gasteiger charge is -2.35. The van der Waals surface area contributed by atoms with E-state index in [0.29, 0.717) is 0 Å². The fraction of sp³-hybridized carbons (Fsp3) is 0.480. The van der Waals surface area contributed by atoms with Gasteiger partial charge in [0.1, 0.15) is 5.54 Å². The van der Waals surface area contributed by atoms with E-state index in [1.807, 2.05) is 24.3 Å². The average molecular weight is 396 g/mol. The van der Waals surface area contributed by atoms with Crippen LogP contribution in [0, 0.1) is 20.8 Å². The van der Waals surface area contributed by atoms with Crippen LogP contribution in [0.25, 0.3) is 0 Å². The second kappa shape index (κ2) is 10.9. The number of amides is 1. The number of carbonyl (C=O) groups excluding carboxylic acids is 1. The lowest BCUT2D eigenvalue weighted by atomic mass is 9.85. The number of hydrazine groups is 1. The van der Waals surface area contributed by atoms with Gasteiger partial charge >= 0.3 is 0 Å². The van der Waals surface area contributed by atoms with Crippen molar-refractivity contribution >= 4 is 17.3 Å². The Morgan fingerprint density at radius 2 is 1.52 bits per heavy atom. The van der Waals surface area contributed by atoms with E-state index in [1.165, 1.54) is 16.7 Å². The molecule has 0 aromatic heterocycles. The summed E-state index contributed by atoms with van der Waals surface area (Å²) in [6, 6.07) is 14.3. The van der Waals surface area contributed by atoms with E-state index in [2.05, 4.69) is 69.0 Å². The molecule has 158 valence electrons. The van der Waals surface area contributed by atoms with E-state index in [4.69, 9.17) is 0 Å². The van der Waals surface area contributed by atoms with Gasteiger partial charge in [-0.05, 0) is 62.9 Å². The summed E-state index contributed by atoms with van der Waals surface area (Å²) >= 11 is 0. The number of benzene rings is 2. The molecule has 0 heterocycles. The van der Waals surface area contributed by atoms with E-state index < -0.39 is 5.54 Å². The second-order valence-electron chi connectivity index (χ2n) is 8.11. The highest BCUT2D eigenvalue weighted by Crippen LogP contribution is 2.30. The highest BCUT2D eigenvalue weighted by atomic mass is 16.2. The van der Waals surface area contributed by atoms with Crippen molar-refractivity contribution in [2.24, 2.45) is 0 Å². The maximum atomic E-state index is 13.5. The maximum Gasteiger partial charge on any atom is 0.263 e. The Morgan fingerprint density at radius 1 is 0.897 bits per heavy atom. The summed E-state index contributed by atoms with van der Waals surface area (Å²) in [5.41, 5.74) is 11.0. The monoisotopic (exact) mass is 395 g/mol. The molecule has 29 heavy (non-hydrogen) atoms. The Morgan fingerprint density at radius 3 is 2.10 bits per heavy atom. The van der Waals surface area contributed by atoms with Gasteiger partial charge in [0.25, 0.3) is 5.91 Å². The van der Waals surface area contributed by atoms with Gasteiger partial charge in [-0.3, -0.25) is 15.6 Å². The van der Waals surface area contributed by atoms with E-state index in [-0.39, 0.29) is 5.91 Å². The Hall–Kier alpha value is -2.49. The molecule has 1 amide bonds. The standard InChI is InChI=1S/C25H37N3O/c1-6-8-17-25(18-9-7-2,26-23-12-10-11-20(4)21(23)5)24(29)28-27-22-15-13-19(3)14-16-22/h10-16,26-27H,6-9,17-18H2,1-5H3,(H,28,29). The number of hydrogen-bond acceptors (Lipinski definition) is 3. The first-order chi connectivity index (χ1) is 13.9. The predicted molar refractivity (Wildman–Crippen MR) is 124 cm³/mol. The van der Waals surface area contributed by atoms with Gasteiger partial charge in [0.05, 0.1) is 5.69 Å². The molecule has 0 aliphatic heterocycles. The zero-order valence-corrected chi connectivity index (χ0v) is 18.7. The quantitative estimate of drug-likeness (QED) is 0.392. The zero-order chi connectivity index (χ0) is 21.3.